The predicted molar refractivity (Wildman–Crippen MR) is 74.4 cm³/mol. The van der Waals surface area contributed by atoms with Crippen molar-refractivity contribution in [1.29, 1.82) is 0 Å². The van der Waals surface area contributed by atoms with Gasteiger partial charge in [0.05, 0.1) is 6.10 Å². The second-order valence-electron chi connectivity index (χ2n) is 4.27. The first-order chi connectivity index (χ1) is 7.75. The van der Waals surface area contributed by atoms with Crippen LogP contribution in [0.2, 0.25) is 0 Å². The van der Waals surface area contributed by atoms with Gasteiger partial charge < -0.3 is 15.0 Å². The molecular formula is C11H20ClN3OS. The van der Waals surface area contributed by atoms with E-state index in [1.54, 1.807) is 11.3 Å². The average molecular weight is 278 g/mol. The van der Waals surface area contributed by atoms with Crippen LogP contribution in [0.4, 0.5) is 5.13 Å². The van der Waals surface area contributed by atoms with Crippen molar-refractivity contribution in [3.63, 3.8) is 0 Å². The van der Waals surface area contributed by atoms with Crippen molar-refractivity contribution in [2.75, 3.05) is 32.1 Å². The van der Waals surface area contributed by atoms with Gasteiger partial charge in [0, 0.05) is 44.9 Å². The van der Waals surface area contributed by atoms with E-state index in [-0.39, 0.29) is 12.4 Å². The molecule has 1 aromatic heterocycles. The number of anilines is 1. The zero-order valence-electron chi connectivity index (χ0n) is 10.3. The Morgan fingerprint density at radius 1 is 1.59 bits per heavy atom. The lowest BCUT2D eigenvalue weighted by atomic mass is 10.2. The van der Waals surface area contributed by atoms with Crippen LogP contribution in [0.3, 0.4) is 0 Å². The number of nitrogens with one attached hydrogen (secondary N) is 1. The first-order valence-corrected chi connectivity index (χ1v) is 6.51. The molecule has 1 unspecified atom stereocenters. The Balaban J connectivity index is 0.00000144. The van der Waals surface area contributed by atoms with Crippen LogP contribution >= 0.6 is 23.7 Å². The van der Waals surface area contributed by atoms with Gasteiger partial charge in [-0.05, 0) is 12.8 Å². The van der Waals surface area contributed by atoms with E-state index in [1.165, 1.54) is 17.7 Å². The lowest BCUT2D eigenvalue weighted by Gasteiger charge is -2.09. The molecule has 2 heterocycles. The van der Waals surface area contributed by atoms with Gasteiger partial charge in [0.1, 0.15) is 0 Å². The van der Waals surface area contributed by atoms with Crippen LogP contribution in [0.1, 0.15) is 17.7 Å². The molecule has 2 rings (SSSR count). The van der Waals surface area contributed by atoms with Gasteiger partial charge in [0.15, 0.2) is 5.13 Å². The number of thiazole rings is 1. The minimum absolute atomic E-state index is 0. The van der Waals surface area contributed by atoms with E-state index in [0.717, 1.165) is 24.8 Å². The fourth-order valence-corrected chi connectivity index (χ4v) is 2.55. The van der Waals surface area contributed by atoms with Crippen molar-refractivity contribution >= 4 is 28.9 Å². The number of halogens is 1. The molecule has 1 aliphatic heterocycles. The van der Waals surface area contributed by atoms with Crippen molar-refractivity contribution in [3.8, 4) is 0 Å². The quantitative estimate of drug-likeness (QED) is 0.892. The molecule has 1 atom stereocenters. The van der Waals surface area contributed by atoms with Crippen molar-refractivity contribution in [1.82, 2.24) is 10.3 Å². The van der Waals surface area contributed by atoms with Gasteiger partial charge in [-0.3, -0.25) is 0 Å². The van der Waals surface area contributed by atoms with Crippen LogP contribution in [-0.4, -0.2) is 38.3 Å². The Bertz CT molecular complexity index is 326. The largest absolute Gasteiger partial charge is 0.377 e. The summed E-state index contributed by atoms with van der Waals surface area (Å²) in [4.78, 5) is 7.65. The van der Waals surface area contributed by atoms with Gasteiger partial charge in [-0.2, -0.15) is 0 Å². The van der Waals surface area contributed by atoms with E-state index >= 15 is 0 Å². The molecule has 1 N–H and O–H groups in total. The molecular weight excluding hydrogens is 258 g/mol. The topological polar surface area (TPSA) is 37.4 Å². The second kappa shape index (κ2) is 7.16. The molecule has 0 bridgehead atoms. The van der Waals surface area contributed by atoms with Crippen LogP contribution < -0.4 is 10.2 Å². The molecule has 4 nitrogen and oxygen atoms in total. The molecule has 0 saturated carbocycles. The molecule has 0 amide bonds. The highest BCUT2D eigenvalue weighted by atomic mass is 35.5. The molecule has 1 fully saturated rings. The summed E-state index contributed by atoms with van der Waals surface area (Å²) in [5, 5.41) is 4.49. The fraction of sp³-hybridized carbons (Fsp3) is 0.727. The normalized spacial score (nSPS) is 19.1. The molecule has 1 saturated heterocycles. The van der Waals surface area contributed by atoms with Gasteiger partial charge >= 0.3 is 0 Å². The lowest BCUT2D eigenvalue weighted by molar-refractivity contribution is 0.110. The Morgan fingerprint density at radius 3 is 3.00 bits per heavy atom. The van der Waals surface area contributed by atoms with Crippen LogP contribution in [0.15, 0.2) is 6.20 Å². The van der Waals surface area contributed by atoms with E-state index in [9.17, 15) is 0 Å². The van der Waals surface area contributed by atoms with Crippen molar-refractivity contribution in [2.45, 2.75) is 25.5 Å². The van der Waals surface area contributed by atoms with E-state index in [2.05, 4.69) is 10.3 Å². The summed E-state index contributed by atoms with van der Waals surface area (Å²) < 4.78 is 5.55. The molecule has 1 aromatic rings. The van der Waals surface area contributed by atoms with Gasteiger partial charge in [-0.25, -0.2) is 4.98 Å². The highest BCUT2D eigenvalue weighted by molar-refractivity contribution is 7.15. The monoisotopic (exact) mass is 277 g/mol. The molecule has 17 heavy (non-hydrogen) atoms. The fourth-order valence-electron chi connectivity index (χ4n) is 1.75. The van der Waals surface area contributed by atoms with Gasteiger partial charge in [0.25, 0.3) is 0 Å². The highest BCUT2D eigenvalue weighted by Crippen LogP contribution is 2.20. The number of ether oxygens (including phenoxy) is 1. The number of nitrogens with zero attached hydrogens (tertiary/aromatic N) is 2. The summed E-state index contributed by atoms with van der Waals surface area (Å²) in [6.07, 6.45) is 4.76. The SMILES string of the molecule is CN(C)c1ncc(CNCC2CCCO2)s1.Cl. The standard InChI is InChI=1S/C11H19N3OS.ClH/c1-14(2)11-13-8-10(16-11)7-12-6-9-4-3-5-15-9;/h8-9,12H,3-7H2,1-2H3;1H. The molecule has 6 heteroatoms. The van der Waals surface area contributed by atoms with Crippen LogP contribution in [-0.2, 0) is 11.3 Å². The molecule has 0 aliphatic carbocycles. The minimum atomic E-state index is 0. The zero-order valence-corrected chi connectivity index (χ0v) is 11.9. The smallest absolute Gasteiger partial charge is 0.185 e. The number of hydrogen-bond donors (Lipinski definition) is 1. The Morgan fingerprint density at radius 2 is 2.41 bits per heavy atom. The summed E-state index contributed by atoms with van der Waals surface area (Å²) in [5.41, 5.74) is 0. The summed E-state index contributed by atoms with van der Waals surface area (Å²) in [5.74, 6) is 0. The summed E-state index contributed by atoms with van der Waals surface area (Å²) in [6.45, 7) is 2.78. The molecule has 0 aromatic carbocycles. The molecule has 0 spiro atoms. The number of hydrogen-bond acceptors (Lipinski definition) is 5. The summed E-state index contributed by atoms with van der Waals surface area (Å²) in [6, 6.07) is 0. The van der Waals surface area contributed by atoms with Crippen LogP contribution in [0.25, 0.3) is 0 Å². The third-order valence-corrected chi connectivity index (χ3v) is 3.78. The van der Waals surface area contributed by atoms with Crippen LogP contribution in [0, 0.1) is 0 Å². The third kappa shape index (κ3) is 4.43. The first kappa shape index (κ1) is 14.7. The van der Waals surface area contributed by atoms with Crippen molar-refractivity contribution < 1.29 is 4.74 Å². The van der Waals surface area contributed by atoms with Crippen molar-refractivity contribution in [3.05, 3.63) is 11.1 Å². The van der Waals surface area contributed by atoms with E-state index in [1.807, 2.05) is 25.2 Å². The molecule has 98 valence electrons. The Hall–Kier alpha value is -0.360. The van der Waals surface area contributed by atoms with E-state index < -0.39 is 0 Å². The van der Waals surface area contributed by atoms with Crippen molar-refractivity contribution in [2.24, 2.45) is 0 Å². The van der Waals surface area contributed by atoms with Crippen LogP contribution in [0.5, 0.6) is 0 Å². The average Bonchev–Trinajstić information content (AvgIpc) is 2.87. The lowest BCUT2D eigenvalue weighted by Crippen LogP contribution is -2.25. The highest BCUT2D eigenvalue weighted by Gasteiger charge is 2.14. The number of aromatic nitrogens is 1. The summed E-state index contributed by atoms with van der Waals surface area (Å²) in [7, 11) is 4.03. The van der Waals surface area contributed by atoms with E-state index in [4.69, 9.17) is 4.74 Å². The maximum absolute atomic E-state index is 5.55. The molecule has 0 radical (unpaired) electrons. The Labute approximate surface area is 113 Å². The summed E-state index contributed by atoms with van der Waals surface area (Å²) >= 11 is 1.73. The van der Waals surface area contributed by atoms with Gasteiger partial charge in [-0.1, -0.05) is 0 Å². The molecule has 1 aliphatic rings. The third-order valence-electron chi connectivity index (χ3n) is 2.62. The van der Waals surface area contributed by atoms with Gasteiger partial charge in [0.2, 0.25) is 0 Å². The zero-order chi connectivity index (χ0) is 11.4. The number of rotatable bonds is 5. The maximum atomic E-state index is 5.55. The van der Waals surface area contributed by atoms with E-state index in [0.29, 0.717) is 6.10 Å². The predicted octanol–water partition coefficient (Wildman–Crippen LogP) is 1.90. The maximum Gasteiger partial charge on any atom is 0.185 e. The second-order valence-corrected chi connectivity index (χ2v) is 5.36. The first-order valence-electron chi connectivity index (χ1n) is 5.70. The minimum Gasteiger partial charge on any atom is -0.377 e. The Kier molecular flexibility index (Phi) is 6.19. The van der Waals surface area contributed by atoms with Gasteiger partial charge in [-0.15, -0.1) is 23.7 Å².